The molecule has 5 rings (SSSR count). The number of aliphatic hydroxyl groups is 2. The molecule has 221 valence electrons. The topological polar surface area (TPSA) is 53.4 Å². The van der Waals surface area contributed by atoms with Gasteiger partial charge in [-0.15, -0.1) is 34.9 Å². The van der Waals surface area contributed by atoms with Gasteiger partial charge in [0.25, 0.3) is 0 Å². The van der Waals surface area contributed by atoms with E-state index >= 15 is 0 Å². The van der Waals surface area contributed by atoms with Gasteiger partial charge in [0.2, 0.25) is 0 Å². The molecule has 2 saturated carbocycles. The van der Waals surface area contributed by atoms with Gasteiger partial charge in [0.05, 0.1) is 12.2 Å². The first-order chi connectivity index (χ1) is 18.7. The van der Waals surface area contributed by atoms with Crippen LogP contribution in [0.3, 0.4) is 0 Å². The third-order valence-corrected chi connectivity index (χ3v) is 9.29. The summed E-state index contributed by atoms with van der Waals surface area (Å²) in [6.45, 7) is 13.0. The first-order valence-electron chi connectivity index (χ1n) is 15.5. The minimum atomic E-state index is -0.252. The number of pyridine rings is 1. The van der Waals surface area contributed by atoms with Crippen molar-refractivity contribution in [2.75, 3.05) is 0 Å². The molecule has 1 heterocycles. The molecule has 2 fully saturated rings. The van der Waals surface area contributed by atoms with Crippen LogP contribution in [0, 0.1) is 43.6 Å². The van der Waals surface area contributed by atoms with Crippen molar-refractivity contribution in [3.05, 3.63) is 65.4 Å². The summed E-state index contributed by atoms with van der Waals surface area (Å²) in [6, 6.07) is 16.5. The first-order valence-corrected chi connectivity index (χ1v) is 15.5. The van der Waals surface area contributed by atoms with E-state index in [2.05, 4.69) is 89.0 Å². The Morgan fingerprint density at radius 3 is 2.05 bits per heavy atom. The van der Waals surface area contributed by atoms with E-state index < -0.39 is 0 Å². The van der Waals surface area contributed by atoms with Crippen LogP contribution in [0.25, 0.3) is 22.0 Å². The predicted octanol–water partition coefficient (Wildman–Crippen LogP) is 8.80. The van der Waals surface area contributed by atoms with E-state index in [0.717, 1.165) is 42.5 Å². The van der Waals surface area contributed by atoms with Crippen LogP contribution in [0.4, 0.5) is 0 Å². The van der Waals surface area contributed by atoms with Crippen molar-refractivity contribution >= 4 is 10.8 Å². The van der Waals surface area contributed by atoms with Gasteiger partial charge < -0.3 is 15.2 Å². The van der Waals surface area contributed by atoms with Gasteiger partial charge in [-0.3, -0.25) is 0 Å². The maximum Gasteiger partial charge on any atom is 0.0623 e. The second-order valence-electron chi connectivity index (χ2n) is 12.6. The molecule has 2 aliphatic carbocycles. The Morgan fingerprint density at radius 2 is 1.50 bits per heavy atom. The second-order valence-corrected chi connectivity index (χ2v) is 12.6. The molecule has 1 radical (unpaired) electrons. The standard InChI is InChI=1S/C20H20N.C16H30O2.Ir/c1-13(2)16-5-6-19-17(12-16)7-8-21-20(19)18-10-14(3)9-15(4)11-18;1-3-5-12-9-7-11-8-10-13(6-4-2)16(18)14(11)15(12)17;/h5-10,12-13H,1-4H3;11-18H,3-10H2,1-2H3;/q-1;;/t;11?,12-,13+,14?,15?,16?;. The normalized spacial score (nSPS) is 26.0. The molecule has 4 heteroatoms. The van der Waals surface area contributed by atoms with Gasteiger partial charge in [-0.2, -0.15) is 0 Å². The number of aryl methyl sites for hydroxylation is 2. The number of nitrogens with zero attached hydrogens (tertiary/aromatic N) is 1. The van der Waals surface area contributed by atoms with Crippen LogP contribution in [0.5, 0.6) is 0 Å². The molecule has 2 N–H and O–H groups in total. The zero-order chi connectivity index (χ0) is 28.1. The Kier molecular flexibility index (Phi) is 12.4. The second kappa shape index (κ2) is 15.1. The monoisotopic (exact) mass is 721 g/mol. The Balaban J connectivity index is 0.000000218. The van der Waals surface area contributed by atoms with Crippen molar-refractivity contribution in [2.45, 2.75) is 111 Å². The Bertz CT molecular complexity index is 1180. The maximum atomic E-state index is 10.6. The van der Waals surface area contributed by atoms with Gasteiger partial charge in [-0.05, 0) is 90.3 Å². The smallest absolute Gasteiger partial charge is 0.0623 e. The van der Waals surface area contributed by atoms with E-state index in [9.17, 15) is 10.2 Å². The van der Waals surface area contributed by atoms with E-state index in [0.29, 0.717) is 23.7 Å². The van der Waals surface area contributed by atoms with Crippen LogP contribution >= 0.6 is 0 Å². The number of benzene rings is 2. The van der Waals surface area contributed by atoms with E-state index in [1.54, 1.807) is 0 Å². The molecule has 40 heavy (non-hydrogen) atoms. The molecule has 6 atom stereocenters. The molecule has 3 aromatic rings. The number of hydrogen-bond donors (Lipinski definition) is 2. The first kappa shape index (κ1) is 32.9. The van der Waals surface area contributed by atoms with Crippen LogP contribution in [-0.2, 0) is 20.1 Å². The summed E-state index contributed by atoms with van der Waals surface area (Å²) < 4.78 is 0. The van der Waals surface area contributed by atoms with Crippen molar-refractivity contribution in [1.82, 2.24) is 4.98 Å². The number of aromatic nitrogens is 1. The summed E-state index contributed by atoms with van der Waals surface area (Å²) in [4.78, 5) is 4.60. The third-order valence-electron chi connectivity index (χ3n) is 9.29. The average Bonchev–Trinajstić information content (AvgIpc) is 2.91. The van der Waals surface area contributed by atoms with Gasteiger partial charge >= 0.3 is 0 Å². The minimum Gasteiger partial charge on any atom is -0.392 e. The Hall–Kier alpha value is -1.58. The largest absolute Gasteiger partial charge is 0.392 e. The average molecular weight is 721 g/mol. The zero-order valence-corrected chi connectivity index (χ0v) is 27.8. The molecule has 0 aliphatic heterocycles. The maximum absolute atomic E-state index is 10.6. The fraction of sp³-hybridized carbons (Fsp3) is 0.583. The van der Waals surface area contributed by atoms with E-state index in [-0.39, 0.29) is 38.2 Å². The van der Waals surface area contributed by atoms with Crippen LogP contribution in [0.1, 0.15) is 102 Å². The summed E-state index contributed by atoms with van der Waals surface area (Å²) in [5, 5.41) is 23.6. The molecule has 0 bridgehead atoms. The zero-order valence-electron chi connectivity index (χ0n) is 25.4. The van der Waals surface area contributed by atoms with E-state index in [4.69, 9.17) is 0 Å². The van der Waals surface area contributed by atoms with E-state index in [1.807, 2.05) is 6.20 Å². The van der Waals surface area contributed by atoms with Crippen LogP contribution in [0.15, 0.2) is 42.6 Å². The minimum absolute atomic E-state index is 0. The molecule has 0 amide bonds. The van der Waals surface area contributed by atoms with Gasteiger partial charge in [-0.25, -0.2) is 0 Å². The molecule has 0 saturated heterocycles. The number of aliphatic hydroxyl groups excluding tert-OH is 2. The van der Waals surface area contributed by atoms with Crippen molar-refractivity contribution in [2.24, 2.45) is 23.7 Å². The van der Waals surface area contributed by atoms with Crippen LogP contribution < -0.4 is 0 Å². The van der Waals surface area contributed by atoms with Crippen molar-refractivity contribution in [1.29, 1.82) is 0 Å². The molecule has 3 nitrogen and oxygen atoms in total. The SMILES string of the molecule is CCC[C@@H]1CCC2CC[C@H](CCC)C(O)C2C1O.Cc1[c-]c(-c2nccc3cc(C(C)C)ccc23)cc(C)c1.[Ir]. The Morgan fingerprint density at radius 1 is 0.875 bits per heavy atom. The molecular weight excluding hydrogens is 671 g/mol. The van der Waals surface area contributed by atoms with E-state index in [1.165, 1.54) is 47.6 Å². The third kappa shape index (κ3) is 7.62. The van der Waals surface area contributed by atoms with Gasteiger partial charge in [0.15, 0.2) is 0 Å². The quantitative estimate of drug-likeness (QED) is 0.251. The van der Waals surface area contributed by atoms with Crippen molar-refractivity contribution in [3.8, 4) is 11.3 Å². The number of hydrogen-bond acceptors (Lipinski definition) is 3. The summed E-state index contributed by atoms with van der Waals surface area (Å²) in [5.74, 6) is 2.16. The molecule has 0 spiro atoms. The van der Waals surface area contributed by atoms with Gasteiger partial charge in [0.1, 0.15) is 0 Å². The number of rotatable bonds is 6. The summed E-state index contributed by atoms with van der Waals surface area (Å²) >= 11 is 0. The fourth-order valence-electron chi connectivity index (χ4n) is 7.28. The molecule has 2 aliphatic rings. The van der Waals surface area contributed by atoms with Gasteiger partial charge in [-0.1, -0.05) is 72.6 Å². The predicted molar refractivity (Wildman–Crippen MR) is 164 cm³/mol. The summed E-state index contributed by atoms with van der Waals surface area (Å²) in [5.41, 5.74) is 5.87. The van der Waals surface area contributed by atoms with Crippen LogP contribution in [0.2, 0.25) is 0 Å². The molecular formula is C36H50IrNO2-. The van der Waals surface area contributed by atoms with Crippen molar-refractivity contribution < 1.29 is 30.3 Å². The summed E-state index contributed by atoms with van der Waals surface area (Å²) in [7, 11) is 0. The van der Waals surface area contributed by atoms with Crippen molar-refractivity contribution in [3.63, 3.8) is 0 Å². The molecule has 2 aromatic carbocycles. The molecule has 4 unspecified atom stereocenters. The molecule has 1 aromatic heterocycles. The summed E-state index contributed by atoms with van der Waals surface area (Å²) in [6.07, 6.45) is 10.7. The van der Waals surface area contributed by atoms with Crippen LogP contribution in [-0.4, -0.2) is 27.4 Å². The number of fused-ring (bicyclic) bond motifs is 2. The van der Waals surface area contributed by atoms with Gasteiger partial charge in [0, 0.05) is 32.2 Å². The fourth-order valence-corrected chi connectivity index (χ4v) is 7.28. The Labute approximate surface area is 256 Å².